The lowest BCUT2D eigenvalue weighted by Crippen LogP contribution is -2.48. The molecule has 1 aliphatic rings. The van der Waals surface area contributed by atoms with Crippen molar-refractivity contribution in [3.05, 3.63) is 65.0 Å². The van der Waals surface area contributed by atoms with Gasteiger partial charge in [-0.3, -0.25) is 5.32 Å². The molecule has 0 saturated heterocycles. The zero-order chi connectivity index (χ0) is 18.0. The molecule has 1 unspecified atom stereocenters. The first kappa shape index (κ1) is 17.0. The Kier molecular flexibility index (Phi) is 4.63. The number of fused-ring (bicyclic) bond motifs is 1. The van der Waals surface area contributed by atoms with Crippen molar-refractivity contribution in [2.24, 2.45) is 0 Å². The van der Waals surface area contributed by atoms with E-state index in [0.717, 1.165) is 16.9 Å². The fourth-order valence-electron chi connectivity index (χ4n) is 3.15. The van der Waals surface area contributed by atoms with Gasteiger partial charge in [0.15, 0.2) is 0 Å². The van der Waals surface area contributed by atoms with Gasteiger partial charge in [-0.05, 0) is 30.3 Å². The van der Waals surface area contributed by atoms with Crippen molar-refractivity contribution in [1.82, 2.24) is 15.5 Å². The number of aliphatic hydroxyl groups is 1. The number of ether oxygens (including phenoxy) is 1. The highest BCUT2D eigenvalue weighted by atomic mass is 35.5. The lowest BCUT2D eigenvalue weighted by Gasteiger charge is -2.38. The zero-order valence-electron chi connectivity index (χ0n) is 14.0. The fourth-order valence-corrected chi connectivity index (χ4v) is 3.28. The molecule has 0 aliphatic carbocycles. The summed E-state index contributed by atoms with van der Waals surface area (Å²) >= 11 is 5.90. The van der Waals surface area contributed by atoms with Crippen LogP contribution in [0.2, 0.25) is 5.02 Å². The maximum Gasteiger partial charge on any atom is 0.240 e. The topological polar surface area (TPSA) is 80.4 Å². The number of rotatable bonds is 5. The van der Waals surface area contributed by atoms with Crippen molar-refractivity contribution in [1.29, 1.82) is 0 Å². The standard InChI is InChI=1S/C19H18ClN3O3/c20-14-7-5-13(6-8-14)18-22-17(26-23-18)11-21-19(12-24)9-10-25-16-4-2-1-3-15(16)19/h1-8,21,24H,9-12H2. The summed E-state index contributed by atoms with van der Waals surface area (Å²) in [6, 6.07) is 15.0. The minimum atomic E-state index is -0.594. The number of halogens is 1. The Labute approximate surface area is 155 Å². The van der Waals surface area contributed by atoms with Crippen molar-refractivity contribution in [3.8, 4) is 17.1 Å². The van der Waals surface area contributed by atoms with Crippen LogP contribution in [-0.2, 0) is 12.1 Å². The highest BCUT2D eigenvalue weighted by Gasteiger charge is 2.37. The number of hydrogen-bond acceptors (Lipinski definition) is 6. The summed E-state index contributed by atoms with van der Waals surface area (Å²) in [7, 11) is 0. The lowest BCUT2D eigenvalue weighted by molar-refractivity contribution is 0.103. The predicted octanol–water partition coefficient (Wildman–Crippen LogP) is 3.15. The molecule has 2 heterocycles. The van der Waals surface area contributed by atoms with Crippen LogP contribution >= 0.6 is 11.6 Å². The van der Waals surface area contributed by atoms with E-state index in [-0.39, 0.29) is 6.61 Å². The van der Waals surface area contributed by atoms with E-state index >= 15 is 0 Å². The molecule has 0 bridgehead atoms. The van der Waals surface area contributed by atoms with Crippen molar-refractivity contribution in [2.45, 2.75) is 18.5 Å². The average molecular weight is 372 g/mol. The Morgan fingerprint density at radius 1 is 1.15 bits per heavy atom. The van der Waals surface area contributed by atoms with Gasteiger partial charge in [-0.2, -0.15) is 4.98 Å². The van der Waals surface area contributed by atoms with Crippen LogP contribution in [0.15, 0.2) is 53.1 Å². The van der Waals surface area contributed by atoms with Gasteiger partial charge in [0.25, 0.3) is 0 Å². The van der Waals surface area contributed by atoms with E-state index in [9.17, 15) is 5.11 Å². The quantitative estimate of drug-likeness (QED) is 0.717. The molecule has 0 fully saturated rings. The van der Waals surface area contributed by atoms with Gasteiger partial charge < -0.3 is 14.4 Å². The van der Waals surface area contributed by atoms with Crippen LogP contribution in [0.25, 0.3) is 11.4 Å². The van der Waals surface area contributed by atoms with Crippen LogP contribution in [0.5, 0.6) is 5.75 Å². The van der Waals surface area contributed by atoms with Crippen LogP contribution in [-0.4, -0.2) is 28.5 Å². The van der Waals surface area contributed by atoms with Gasteiger partial charge in [-0.25, -0.2) is 0 Å². The first-order chi connectivity index (χ1) is 12.7. The first-order valence-electron chi connectivity index (χ1n) is 8.37. The third kappa shape index (κ3) is 3.19. The molecular formula is C19H18ClN3O3. The number of nitrogens with zero attached hydrogens (tertiary/aromatic N) is 2. The maximum absolute atomic E-state index is 10.1. The van der Waals surface area contributed by atoms with E-state index in [2.05, 4.69) is 15.5 Å². The van der Waals surface area contributed by atoms with Crippen LogP contribution in [0, 0.1) is 0 Å². The second-order valence-electron chi connectivity index (χ2n) is 6.21. The summed E-state index contributed by atoms with van der Waals surface area (Å²) in [6.45, 7) is 0.825. The minimum absolute atomic E-state index is 0.0500. The minimum Gasteiger partial charge on any atom is -0.493 e. The predicted molar refractivity (Wildman–Crippen MR) is 96.9 cm³/mol. The van der Waals surface area contributed by atoms with Gasteiger partial charge in [-0.15, -0.1) is 0 Å². The van der Waals surface area contributed by atoms with E-state index in [4.69, 9.17) is 20.9 Å². The van der Waals surface area contributed by atoms with Crippen LogP contribution in [0.1, 0.15) is 17.9 Å². The molecule has 1 atom stereocenters. The van der Waals surface area contributed by atoms with E-state index in [1.54, 1.807) is 12.1 Å². The number of aliphatic hydroxyl groups excluding tert-OH is 1. The molecule has 7 heteroatoms. The summed E-state index contributed by atoms with van der Waals surface area (Å²) < 4.78 is 11.0. The Bertz CT molecular complexity index is 897. The number of para-hydroxylation sites is 1. The molecular weight excluding hydrogens is 354 g/mol. The highest BCUT2D eigenvalue weighted by Crippen LogP contribution is 2.36. The number of hydrogen-bond donors (Lipinski definition) is 2. The Morgan fingerprint density at radius 2 is 1.96 bits per heavy atom. The van der Waals surface area contributed by atoms with Gasteiger partial charge in [0.2, 0.25) is 11.7 Å². The number of nitrogens with one attached hydrogen (secondary N) is 1. The highest BCUT2D eigenvalue weighted by molar-refractivity contribution is 6.30. The van der Waals surface area contributed by atoms with Crippen molar-refractivity contribution < 1.29 is 14.4 Å². The normalized spacial score (nSPS) is 19.0. The smallest absolute Gasteiger partial charge is 0.240 e. The summed E-state index contributed by atoms with van der Waals surface area (Å²) in [4.78, 5) is 4.42. The third-order valence-corrected chi connectivity index (χ3v) is 4.86. The Balaban J connectivity index is 1.53. The third-order valence-electron chi connectivity index (χ3n) is 4.61. The van der Waals surface area contributed by atoms with E-state index in [0.29, 0.717) is 36.3 Å². The van der Waals surface area contributed by atoms with E-state index in [1.165, 1.54) is 0 Å². The summed E-state index contributed by atoms with van der Waals surface area (Å²) in [5, 5.41) is 18.1. The first-order valence-corrected chi connectivity index (χ1v) is 8.75. The second-order valence-corrected chi connectivity index (χ2v) is 6.64. The van der Waals surface area contributed by atoms with E-state index in [1.807, 2.05) is 36.4 Å². The van der Waals surface area contributed by atoms with Gasteiger partial charge in [0.1, 0.15) is 5.75 Å². The molecule has 6 nitrogen and oxygen atoms in total. The van der Waals surface area contributed by atoms with Crippen LogP contribution in [0.3, 0.4) is 0 Å². The van der Waals surface area contributed by atoms with Gasteiger partial charge in [0, 0.05) is 22.6 Å². The monoisotopic (exact) mass is 371 g/mol. The number of benzene rings is 2. The van der Waals surface area contributed by atoms with Gasteiger partial charge in [0.05, 0.1) is 25.3 Å². The summed E-state index contributed by atoms with van der Waals surface area (Å²) in [6.07, 6.45) is 0.651. The second kappa shape index (κ2) is 7.07. The molecule has 4 rings (SSSR count). The fraction of sp³-hybridized carbons (Fsp3) is 0.263. The molecule has 0 spiro atoms. The molecule has 1 aliphatic heterocycles. The van der Waals surface area contributed by atoms with Crippen molar-refractivity contribution >= 4 is 11.6 Å². The number of aromatic nitrogens is 2. The van der Waals surface area contributed by atoms with Crippen molar-refractivity contribution in [3.63, 3.8) is 0 Å². The molecule has 0 radical (unpaired) electrons. The Morgan fingerprint density at radius 3 is 2.77 bits per heavy atom. The maximum atomic E-state index is 10.1. The molecule has 1 aromatic heterocycles. The molecule has 134 valence electrons. The molecule has 2 aromatic carbocycles. The molecule has 0 saturated carbocycles. The summed E-state index contributed by atoms with van der Waals surface area (Å²) in [5.41, 5.74) is 1.17. The van der Waals surface area contributed by atoms with Crippen LogP contribution in [0.4, 0.5) is 0 Å². The Hall–Kier alpha value is -2.41. The molecule has 26 heavy (non-hydrogen) atoms. The van der Waals surface area contributed by atoms with Crippen LogP contribution < -0.4 is 10.1 Å². The van der Waals surface area contributed by atoms with E-state index < -0.39 is 5.54 Å². The zero-order valence-corrected chi connectivity index (χ0v) is 14.7. The van der Waals surface area contributed by atoms with Crippen molar-refractivity contribution in [2.75, 3.05) is 13.2 Å². The van der Waals surface area contributed by atoms with Gasteiger partial charge in [-0.1, -0.05) is 35.0 Å². The summed E-state index contributed by atoms with van der Waals surface area (Å²) in [5.74, 6) is 1.74. The molecule has 0 amide bonds. The lowest BCUT2D eigenvalue weighted by atomic mass is 9.85. The SMILES string of the molecule is OCC1(NCc2nc(-c3ccc(Cl)cc3)no2)CCOc2ccccc21. The average Bonchev–Trinajstić information content (AvgIpc) is 3.16. The largest absolute Gasteiger partial charge is 0.493 e. The molecule has 2 N–H and O–H groups in total. The van der Waals surface area contributed by atoms with Gasteiger partial charge >= 0.3 is 0 Å². The molecule has 3 aromatic rings.